The topological polar surface area (TPSA) is 75.9 Å². The summed E-state index contributed by atoms with van der Waals surface area (Å²) in [5, 5.41) is 13.0. The number of hydrogen-bond donors (Lipinski definition) is 2. The van der Waals surface area contributed by atoms with Crippen LogP contribution in [0.5, 0.6) is 5.75 Å². The molecule has 0 saturated carbocycles. The van der Waals surface area contributed by atoms with Crippen LogP contribution in [0, 0.1) is 6.92 Å². The molecule has 8 heteroatoms. The second-order valence-electron chi connectivity index (χ2n) is 7.22. The van der Waals surface area contributed by atoms with Crippen LogP contribution in [-0.2, 0) is 0 Å². The van der Waals surface area contributed by atoms with Crippen molar-refractivity contribution in [3.63, 3.8) is 0 Å². The maximum Gasteiger partial charge on any atom is 0.502 e. The molecule has 31 heavy (non-hydrogen) atoms. The minimum absolute atomic E-state index is 0. The molecule has 1 heterocycles. The average molecular weight is 457 g/mol. The van der Waals surface area contributed by atoms with Gasteiger partial charge in [0.15, 0.2) is 5.69 Å². The first-order valence-corrected chi connectivity index (χ1v) is 9.68. The quantitative estimate of drug-likeness (QED) is 0.626. The molecule has 2 N–H and O–H groups in total. The zero-order chi connectivity index (χ0) is 21.4. The van der Waals surface area contributed by atoms with Crippen LogP contribution < -0.4 is 32.4 Å². The Morgan fingerprint density at radius 1 is 1.10 bits per heavy atom. The third-order valence-corrected chi connectivity index (χ3v) is 5.21. The fourth-order valence-electron chi connectivity index (χ4n) is 3.22. The van der Waals surface area contributed by atoms with Gasteiger partial charge < -0.3 is 27.2 Å². The van der Waals surface area contributed by atoms with E-state index in [4.69, 9.17) is 16.3 Å². The van der Waals surface area contributed by atoms with Gasteiger partial charge in [0.2, 0.25) is 5.69 Å². The Morgan fingerprint density at radius 3 is 2.45 bits per heavy atom. The largest absolute Gasteiger partial charge is 1.00 e. The fourth-order valence-corrected chi connectivity index (χ4v) is 3.50. The number of benzene rings is 3. The molecule has 0 aromatic heterocycles. The molecule has 4 rings (SSSR count). The summed E-state index contributed by atoms with van der Waals surface area (Å²) >= 11 is 6.52. The average Bonchev–Trinajstić information content (AvgIpc) is 3.09. The number of hydrogen-bond acceptors (Lipinski definition) is 5. The van der Waals surface area contributed by atoms with Crippen molar-refractivity contribution >= 4 is 40.7 Å². The van der Waals surface area contributed by atoms with Gasteiger partial charge in [0.25, 0.3) is 0 Å². The molecule has 0 aliphatic carbocycles. The van der Waals surface area contributed by atoms with E-state index in [1.54, 1.807) is 19.1 Å². The number of nitrogens with one attached hydrogen (secondary N) is 1. The lowest BCUT2D eigenvalue weighted by atomic mass is 10.0. The van der Waals surface area contributed by atoms with Gasteiger partial charge in [-0.2, -0.15) is 5.32 Å². The molecule has 3 aromatic rings. The lowest BCUT2D eigenvalue weighted by Gasteiger charge is -2.13. The maximum atomic E-state index is 11.3. The zero-order valence-electron chi connectivity index (χ0n) is 17.1. The smallest absolute Gasteiger partial charge is 0.502 e. The van der Waals surface area contributed by atoms with Crippen LogP contribution in [0.25, 0.3) is 11.1 Å². The van der Waals surface area contributed by atoms with Crippen LogP contribution in [0.3, 0.4) is 0 Å². The van der Waals surface area contributed by atoms with E-state index in [2.05, 4.69) is 10.3 Å². The number of ether oxygens (including phenoxy) is 1. The molecule has 159 valence electrons. The summed E-state index contributed by atoms with van der Waals surface area (Å²) in [6, 6.07) is 17.0. The van der Waals surface area contributed by atoms with E-state index >= 15 is 0 Å². The van der Waals surface area contributed by atoms with Crippen molar-refractivity contribution in [2.75, 3.05) is 24.3 Å². The summed E-state index contributed by atoms with van der Waals surface area (Å²) < 4.78 is 5.76. The number of rotatable bonds is 4. The molecular weight excluding hydrogens is 437 g/mol. The first kappa shape index (κ1) is 22.5. The van der Waals surface area contributed by atoms with Crippen molar-refractivity contribution in [2.24, 2.45) is 0 Å². The zero-order valence-corrected chi connectivity index (χ0v) is 18.6. The van der Waals surface area contributed by atoms with Crippen molar-refractivity contribution in [3.8, 4) is 16.9 Å². The number of halogens is 2. The number of carbonyl (C=O) groups is 1. The van der Waals surface area contributed by atoms with Crippen molar-refractivity contribution in [2.45, 2.75) is 6.92 Å². The monoisotopic (exact) mass is 456 g/mol. The van der Waals surface area contributed by atoms with Crippen LogP contribution in [-0.4, -0.2) is 31.2 Å². The van der Waals surface area contributed by atoms with E-state index < -0.39 is 5.97 Å². The van der Waals surface area contributed by atoms with Crippen LogP contribution in [0.4, 0.5) is 17.1 Å². The number of nitrogens with zero attached hydrogens (tertiary/aromatic N) is 2. The number of anilines is 2. The molecular formula is C23H20Cl2N3O3. The number of aromatic carboxylic acids is 1. The summed E-state index contributed by atoms with van der Waals surface area (Å²) in [7, 11) is 3.99. The summed E-state index contributed by atoms with van der Waals surface area (Å²) in [5.74, 6) is -0.609. The molecule has 0 fully saturated rings. The Bertz CT molecular complexity index is 1180. The van der Waals surface area contributed by atoms with Gasteiger partial charge in [-0.3, -0.25) is 0 Å². The summed E-state index contributed by atoms with van der Waals surface area (Å²) in [6.07, 6.45) is 0. The molecule has 0 bridgehead atoms. The number of fused-ring (bicyclic) bond motifs is 1. The van der Waals surface area contributed by atoms with Gasteiger partial charge in [0, 0.05) is 42.5 Å². The molecule has 0 amide bonds. The molecule has 0 atom stereocenters. The number of carboxylic acid groups (broad SMARTS) is 1. The highest BCUT2D eigenvalue weighted by atomic mass is 35.5. The molecule has 6 nitrogen and oxygen atoms in total. The van der Waals surface area contributed by atoms with Crippen molar-refractivity contribution in [3.05, 3.63) is 70.7 Å². The number of amidine groups is 1. The first-order valence-electron chi connectivity index (χ1n) is 9.30. The van der Waals surface area contributed by atoms with E-state index in [0.717, 1.165) is 22.5 Å². The standard InChI is InChI=1S/C23H20ClN3O3.ClH/c1-13-4-9-16(10-17(13)22(28)29)30-23-25-20-11-18(19(24)12-21(20)26-23)14-5-7-15(8-6-14)27(2)3;/h4-12,26H,1-3H3,(H,28,29);1H/q+1;/p-1. The Hall–Kier alpha value is -3.22. The molecule has 3 aromatic carbocycles. The molecule has 1 radical (unpaired) electrons. The third-order valence-electron chi connectivity index (χ3n) is 4.90. The van der Waals surface area contributed by atoms with E-state index in [9.17, 15) is 9.90 Å². The van der Waals surface area contributed by atoms with Crippen LogP contribution >= 0.6 is 11.6 Å². The molecule has 0 unspecified atom stereocenters. The minimum atomic E-state index is -1.00. The summed E-state index contributed by atoms with van der Waals surface area (Å²) in [4.78, 5) is 17.9. The van der Waals surface area contributed by atoms with E-state index in [-0.39, 0.29) is 24.0 Å². The van der Waals surface area contributed by atoms with E-state index in [1.165, 1.54) is 6.07 Å². The van der Waals surface area contributed by atoms with Gasteiger partial charge in [-0.1, -0.05) is 29.8 Å². The highest BCUT2D eigenvalue weighted by Gasteiger charge is 2.29. The van der Waals surface area contributed by atoms with Crippen molar-refractivity contribution < 1.29 is 27.0 Å². The minimum Gasteiger partial charge on any atom is -1.00 e. The first-order chi connectivity index (χ1) is 14.3. The van der Waals surface area contributed by atoms with Crippen LogP contribution in [0.15, 0.2) is 54.6 Å². The molecule has 0 spiro atoms. The number of carboxylic acids is 1. The second-order valence-corrected chi connectivity index (χ2v) is 7.62. The fraction of sp³-hybridized carbons (Fsp3) is 0.130. The van der Waals surface area contributed by atoms with Gasteiger partial charge >= 0.3 is 12.0 Å². The molecule has 0 saturated heterocycles. The maximum absolute atomic E-state index is 11.3. The highest BCUT2D eigenvalue weighted by Crippen LogP contribution is 2.37. The third kappa shape index (κ3) is 4.60. The highest BCUT2D eigenvalue weighted by molar-refractivity contribution is 6.34. The predicted octanol–water partition coefficient (Wildman–Crippen LogP) is 1.91. The van der Waals surface area contributed by atoms with Gasteiger partial charge in [-0.05, 0) is 42.3 Å². The SMILES string of the molecule is Cc1ccc(OC2=[N+]c3cc(-c4ccc(N(C)C)cc4)c(Cl)cc3N2)cc1C(=O)O.[Cl-]. The lowest BCUT2D eigenvalue weighted by Crippen LogP contribution is -3.00. The van der Waals surface area contributed by atoms with Gasteiger partial charge in [0.1, 0.15) is 5.75 Å². The summed E-state index contributed by atoms with van der Waals surface area (Å²) in [5.41, 5.74) is 5.25. The van der Waals surface area contributed by atoms with Crippen LogP contribution in [0.1, 0.15) is 15.9 Å². The van der Waals surface area contributed by atoms with E-state index in [1.807, 2.05) is 55.4 Å². The van der Waals surface area contributed by atoms with E-state index in [0.29, 0.717) is 22.0 Å². The Balaban J connectivity index is 0.00000272. The predicted molar refractivity (Wildman–Crippen MR) is 120 cm³/mol. The Kier molecular flexibility index (Phi) is 6.43. The van der Waals surface area contributed by atoms with Gasteiger partial charge in [-0.25, -0.2) is 4.79 Å². The van der Waals surface area contributed by atoms with Crippen molar-refractivity contribution in [1.82, 2.24) is 4.99 Å². The van der Waals surface area contributed by atoms with Gasteiger partial charge in [-0.15, -0.1) is 0 Å². The normalized spacial score (nSPS) is 11.7. The second kappa shape index (κ2) is 8.88. The lowest BCUT2D eigenvalue weighted by molar-refractivity contribution is -0.0000221. The number of aliphatic imine (C=N–C) groups is 1. The van der Waals surface area contributed by atoms with Gasteiger partial charge in [0.05, 0.1) is 10.6 Å². The Labute approximate surface area is 191 Å². The Morgan fingerprint density at radius 2 is 1.81 bits per heavy atom. The van der Waals surface area contributed by atoms with Crippen LogP contribution in [0.2, 0.25) is 5.02 Å². The summed E-state index contributed by atoms with van der Waals surface area (Å²) in [6.45, 7) is 1.74. The molecule has 1 aliphatic heterocycles. The molecule has 1 aliphatic rings. The van der Waals surface area contributed by atoms with Crippen molar-refractivity contribution in [1.29, 1.82) is 0 Å². The number of aryl methyl sites for hydroxylation is 1.